The molecule has 1 aliphatic rings. The van der Waals surface area contributed by atoms with E-state index >= 15 is 0 Å². The molecule has 126 valence electrons. The fourth-order valence-corrected chi connectivity index (χ4v) is 4.26. The van der Waals surface area contributed by atoms with Gasteiger partial charge in [-0.3, -0.25) is 14.9 Å². The van der Waals surface area contributed by atoms with Crippen LogP contribution in [0.25, 0.3) is 6.08 Å². The molecule has 0 spiro atoms. The third kappa shape index (κ3) is 4.49. The Morgan fingerprint density at radius 1 is 1.24 bits per heavy atom. The summed E-state index contributed by atoms with van der Waals surface area (Å²) in [5, 5.41) is 13.9. The fraction of sp³-hybridized carbons (Fsp3) is 0. The highest BCUT2D eigenvalue weighted by atomic mass is 79.9. The molecule has 2 aromatic rings. The maximum atomic E-state index is 11.7. The largest absolute Gasteiger partial charge is 0.307 e. The second kappa shape index (κ2) is 7.69. The average Bonchev–Trinajstić information content (AvgIpc) is 2.88. The van der Waals surface area contributed by atoms with Gasteiger partial charge in [-0.2, -0.15) is 0 Å². The summed E-state index contributed by atoms with van der Waals surface area (Å²) in [6.07, 6.45) is 1.60. The first-order chi connectivity index (χ1) is 11.9. The summed E-state index contributed by atoms with van der Waals surface area (Å²) in [5.41, 5.74) is 0.572. The summed E-state index contributed by atoms with van der Waals surface area (Å²) in [7, 11) is 0. The lowest BCUT2D eigenvalue weighted by Gasteiger charge is -2.05. The van der Waals surface area contributed by atoms with Gasteiger partial charge in [0.05, 0.1) is 14.7 Å². The van der Waals surface area contributed by atoms with E-state index in [0.717, 1.165) is 21.1 Å². The minimum Gasteiger partial charge on any atom is -0.307 e. The van der Waals surface area contributed by atoms with Crippen LogP contribution in [0, 0.1) is 10.1 Å². The summed E-state index contributed by atoms with van der Waals surface area (Å²) < 4.78 is 1.33. The number of carbonyl (C=O) groups excluding carboxylic acids is 1. The predicted molar refractivity (Wildman–Crippen MR) is 108 cm³/mol. The number of benzene rings is 2. The Kier molecular flexibility index (Phi) is 5.57. The highest BCUT2D eigenvalue weighted by molar-refractivity contribution is 9.10. The van der Waals surface area contributed by atoms with E-state index < -0.39 is 4.92 Å². The molecule has 1 amide bonds. The fourth-order valence-electron chi connectivity index (χ4n) is 2.06. The number of nitrogens with zero attached hydrogens (tertiary/aromatic N) is 1. The van der Waals surface area contributed by atoms with Crippen molar-refractivity contribution in [2.45, 2.75) is 9.79 Å². The maximum Gasteiger partial charge on any atom is 0.283 e. The highest BCUT2D eigenvalue weighted by Gasteiger charge is 2.23. The van der Waals surface area contributed by atoms with Gasteiger partial charge in [0.2, 0.25) is 0 Å². The normalized spacial score (nSPS) is 15.5. The van der Waals surface area contributed by atoms with E-state index in [4.69, 9.17) is 12.2 Å². The number of carbonyl (C=O) groups is 1. The Morgan fingerprint density at radius 2 is 1.96 bits per heavy atom. The summed E-state index contributed by atoms with van der Waals surface area (Å²) in [6, 6.07) is 12.4. The molecule has 0 saturated carbocycles. The standard InChI is InChI=1S/C16H9BrN2O3S3/c17-10-2-4-11(5-3-10)24-13-6-1-9(7-12(13)19(21)22)8-14-15(20)18-16(23)25-14/h1-8H,(H,18,20,23). The molecule has 1 fully saturated rings. The number of thioether (sulfide) groups is 1. The zero-order chi connectivity index (χ0) is 18.0. The van der Waals surface area contributed by atoms with Crippen LogP contribution in [0.15, 0.2) is 61.6 Å². The molecule has 0 unspecified atom stereocenters. The minimum absolute atomic E-state index is 0.00625. The van der Waals surface area contributed by atoms with Crippen LogP contribution >= 0.6 is 51.7 Å². The molecule has 0 bridgehead atoms. The van der Waals surface area contributed by atoms with Crippen molar-refractivity contribution in [2.24, 2.45) is 0 Å². The van der Waals surface area contributed by atoms with Gasteiger partial charge in [-0.05, 0) is 42.0 Å². The number of nitro benzene ring substituents is 1. The van der Waals surface area contributed by atoms with Crippen molar-refractivity contribution in [3.63, 3.8) is 0 Å². The van der Waals surface area contributed by atoms with Crippen LogP contribution in [-0.4, -0.2) is 15.2 Å². The van der Waals surface area contributed by atoms with Gasteiger partial charge in [0.25, 0.3) is 11.6 Å². The van der Waals surface area contributed by atoms with Gasteiger partial charge in [-0.15, -0.1) is 0 Å². The van der Waals surface area contributed by atoms with Crippen molar-refractivity contribution < 1.29 is 9.72 Å². The first kappa shape index (κ1) is 18.1. The van der Waals surface area contributed by atoms with Crippen LogP contribution in [-0.2, 0) is 4.79 Å². The van der Waals surface area contributed by atoms with Gasteiger partial charge in [0, 0.05) is 15.4 Å². The van der Waals surface area contributed by atoms with Crippen molar-refractivity contribution in [1.82, 2.24) is 5.32 Å². The second-order valence-electron chi connectivity index (χ2n) is 4.89. The summed E-state index contributed by atoms with van der Waals surface area (Å²) in [5.74, 6) is -0.286. The number of nitrogens with one attached hydrogen (secondary N) is 1. The van der Waals surface area contributed by atoms with Gasteiger partial charge in [0.15, 0.2) is 0 Å². The summed E-state index contributed by atoms with van der Waals surface area (Å²) in [6.45, 7) is 0. The number of hydrogen-bond donors (Lipinski definition) is 1. The van der Waals surface area contributed by atoms with Crippen LogP contribution in [0.4, 0.5) is 5.69 Å². The summed E-state index contributed by atoms with van der Waals surface area (Å²) >= 11 is 10.8. The van der Waals surface area contributed by atoms with Gasteiger partial charge in [0.1, 0.15) is 4.32 Å². The molecule has 0 atom stereocenters. The Bertz CT molecular complexity index is 913. The van der Waals surface area contributed by atoms with Gasteiger partial charge >= 0.3 is 0 Å². The lowest BCUT2D eigenvalue weighted by Crippen LogP contribution is -2.17. The zero-order valence-electron chi connectivity index (χ0n) is 12.4. The van der Waals surface area contributed by atoms with E-state index in [1.165, 1.54) is 17.8 Å². The second-order valence-corrected chi connectivity index (χ2v) is 8.64. The average molecular weight is 453 g/mol. The van der Waals surface area contributed by atoms with Crippen LogP contribution in [0.3, 0.4) is 0 Å². The topological polar surface area (TPSA) is 72.2 Å². The molecule has 9 heteroatoms. The number of nitro groups is 1. The van der Waals surface area contributed by atoms with E-state index in [2.05, 4.69) is 21.2 Å². The molecular weight excluding hydrogens is 444 g/mol. The van der Waals surface area contributed by atoms with E-state index in [0.29, 0.717) is 19.7 Å². The smallest absolute Gasteiger partial charge is 0.283 e. The first-order valence-electron chi connectivity index (χ1n) is 6.89. The Hall–Kier alpha value is -1.68. The van der Waals surface area contributed by atoms with Crippen molar-refractivity contribution in [3.8, 4) is 0 Å². The van der Waals surface area contributed by atoms with Crippen molar-refractivity contribution in [2.75, 3.05) is 0 Å². The molecule has 1 heterocycles. The Morgan fingerprint density at radius 3 is 2.56 bits per heavy atom. The maximum absolute atomic E-state index is 11.7. The Labute approximate surface area is 165 Å². The van der Waals surface area contributed by atoms with Gasteiger partial charge < -0.3 is 5.32 Å². The SMILES string of the molecule is O=C1NC(=S)SC1=Cc1ccc(Sc2ccc(Br)cc2)c([N+](=O)[O-])c1. The molecule has 25 heavy (non-hydrogen) atoms. The molecule has 3 rings (SSSR count). The van der Waals surface area contributed by atoms with E-state index in [1.54, 1.807) is 18.2 Å². The van der Waals surface area contributed by atoms with Crippen LogP contribution in [0.5, 0.6) is 0 Å². The molecular formula is C16H9BrN2O3S3. The quantitative estimate of drug-likeness (QED) is 0.304. The molecule has 1 saturated heterocycles. The molecule has 0 radical (unpaired) electrons. The van der Waals surface area contributed by atoms with Crippen LogP contribution in [0.1, 0.15) is 5.56 Å². The van der Waals surface area contributed by atoms with Gasteiger partial charge in [-0.1, -0.05) is 57.7 Å². The molecule has 2 aromatic carbocycles. The predicted octanol–water partition coefficient (Wildman–Crippen LogP) is 5.00. The summed E-state index contributed by atoms with van der Waals surface area (Å²) in [4.78, 5) is 24.6. The van der Waals surface area contributed by atoms with E-state index in [1.807, 2.05) is 24.3 Å². The van der Waals surface area contributed by atoms with Crippen LogP contribution in [0.2, 0.25) is 0 Å². The monoisotopic (exact) mass is 452 g/mol. The number of hydrogen-bond acceptors (Lipinski definition) is 6. The number of thiocarbonyl (C=S) groups is 1. The highest BCUT2D eigenvalue weighted by Crippen LogP contribution is 2.36. The minimum atomic E-state index is -0.421. The molecule has 0 aromatic heterocycles. The van der Waals surface area contributed by atoms with Crippen molar-refractivity contribution in [1.29, 1.82) is 0 Å². The zero-order valence-corrected chi connectivity index (χ0v) is 16.4. The molecule has 1 N–H and O–H groups in total. The van der Waals surface area contributed by atoms with Gasteiger partial charge in [-0.25, -0.2) is 0 Å². The molecule has 1 aliphatic heterocycles. The third-order valence-electron chi connectivity index (χ3n) is 3.16. The van der Waals surface area contributed by atoms with Crippen molar-refractivity contribution >= 4 is 73.7 Å². The number of rotatable bonds is 4. The third-order valence-corrected chi connectivity index (χ3v) is 5.93. The van der Waals surface area contributed by atoms with Crippen molar-refractivity contribution in [3.05, 3.63) is 67.5 Å². The lowest BCUT2D eigenvalue weighted by atomic mass is 10.2. The number of amides is 1. The number of halogens is 1. The Balaban J connectivity index is 1.92. The lowest BCUT2D eigenvalue weighted by molar-refractivity contribution is -0.387. The van der Waals surface area contributed by atoms with Crippen LogP contribution < -0.4 is 5.32 Å². The first-order valence-corrected chi connectivity index (χ1v) is 9.72. The van der Waals surface area contributed by atoms with E-state index in [9.17, 15) is 14.9 Å². The van der Waals surface area contributed by atoms with E-state index in [-0.39, 0.29) is 11.6 Å². The molecule has 0 aliphatic carbocycles. The molecule has 5 nitrogen and oxygen atoms in total.